The van der Waals surface area contributed by atoms with E-state index in [1.54, 1.807) is 12.1 Å². The highest BCUT2D eigenvalue weighted by atomic mass is 32.2. The van der Waals surface area contributed by atoms with Crippen molar-refractivity contribution in [3.05, 3.63) is 29.8 Å². The van der Waals surface area contributed by atoms with Crippen molar-refractivity contribution in [2.75, 3.05) is 11.6 Å². The maximum absolute atomic E-state index is 12.9. The van der Waals surface area contributed by atoms with Crippen molar-refractivity contribution >= 4 is 36.0 Å². The van der Waals surface area contributed by atoms with Crippen LogP contribution >= 0.6 is 11.3 Å². The van der Waals surface area contributed by atoms with Gasteiger partial charge in [0.05, 0.1) is 4.90 Å². The summed E-state index contributed by atoms with van der Waals surface area (Å²) in [6, 6.07) is 6.37. The zero-order valence-electron chi connectivity index (χ0n) is 13.9. The highest BCUT2D eigenvalue weighted by Gasteiger charge is 2.29. The number of nitrogens with one attached hydrogen (secondary N) is 1. The van der Waals surface area contributed by atoms with Gasteiger partial charge in [0.2, 0.25) is 24.0 Å². The van der Waals surface area contributed by atoms with Crippen LogP contribution in [0.1, 0.15) is 25.8 Å². The summed E-state index contributed by atoms with van der Waals surface area (Å²) in [5, 5.41) is 3.07. The molecule has 1 N–H and O–H groups in total. The van der Waals surface area contributed by atoms with Crippen LogP contribution < -0.4 is 5.32 Å². The summed E-state index contributed by atoms with van der Waals surface area (Å²) in [6.07, 6.45) is 1.78. The largest absolute Gasteiger partial charge is 0.372 e. The summed E-state index contributed by atoms with van der Waals surface area (Å²) >= 11 is 0.845. The molecule has 132 valence electrons. The molecule has 0 fully saturated rings. The second kappa shape index (κ2) is 6.81. The minimum Gasteiger partial charge on any atom is -0.372 e. The first-order valence-corrected chi connectivity index (χ1v) is 11.5. The molecule has 0 aliphatic carbocycles. The standard InChI is InChI=1S/C15H20N2O4S3/c1-5-11(3)16-13-14(17-15(22-13)23(4,18)19)24(20,21)12-8-6-10(2)7-9-12/h6-9,11,16H,5H2,1-4H3/t11-/m1/s1. The zero-order chi connectivity index (χ0) is 18.1. The third kappa shape index (κ3) is 3.96. The van der Waals surface area contributed by atoms with Gasteiger partial charge in [-0.2, -0.15) is 0 Å². The summed E-state index contributed by atoms with van der Waals surface area (Å²) in [6.45, 7) is 5.70. The number of rotatable bonds is 6. The number of benzene rings is 1. The van der Waals surface area contributed by atoms with Gasteiger partial charge in [-0.1, -0.05) is 36.0 Å². The van der Waals surface area contributed by atoms with Crippen molar-refractivity contribution < 1.29 is 16.8 Å². The lowest BCUT2D eigenvalue weighted by atomic mass is 10.2. The van der Waals surface area contributed by atoms with E-state index in [0.717, 1.165) is 29.6 Å². The van der Waals surface area contributed by atoms with Gasteiger partial charge in [0, 0.05) is 12.3 Å². The first-order valence-electron chi connectivity index (χ1n) is 7.35. The third-order valence-corrected chi connectivity index (χ3v) is 7.96. The van der Waals surface area contributed by atoms with Crippen LogP contribution in [0.25, 0.3) is 0 Å². The quantitative estimate of drug-likeness (QED) is 0.818. The van der Waals surface area contributed by atoms with E-state index >= 15 is 0 Å². The molecule has 24 heavy (non-hydrogen) atoms. The highest BCUT2D eigenvalue weighted by molar-refractivity contribution is 7.93. The monoisotopic (exact) mass is 388 g/mol. The normalized spacial score (nSPS) is 13.7. The molecular formula is C15H20N2O4S3. The van der Waals surface area contributed by atoms with E-state index in [1.165, 1.54) is 12.1 Å². The number of anilines is 1. The molecule has 2 rings (SSSR count). The smallest absolute Gasteiger partial charge is 0.226 e. The van der Waals surface area contributed by atoms with Gasteiger partial charge in [-0.15, -0.1) is 0 Å². The van der Waals surface area contributed by atoms with E-state index in [9.17, 15) is 16.8 Å². The molecule has 0 aliphatic heterocycles. The topological polar surface area (TPSA) is 93.2 Å². The number of nitrogens with zero attached hydrogens (tertiary/aromatic N) is 1. The van der Waals surface area contributed by atoms with Gasteiger partial charge in [0.1, 0.15) is 5.00 Å². The van der Waals surface area contributed by atoms with Crippen LogP contribution in [0, 0.1) is 6.92 Å². The lowest BCUT2D eigenvalue weighted by Crippen LogP contribution is -2.15. The molecule has 2 aromatic rings. The van der Waals surface area contributed by atoms with Crippen molar-refractivity contribution in [2.45, 2.75) is 47.5 Å². The fraction of sp³-hybridized carbons (Fsp3) is 0.400. The van der Waals surface area contributed by atoms with Crippen molar-refractivity contribution in [2.24, 2.45) is 0 Å². The maximum atomic E-state index is 12.9. The molecule has 0 aliphatic rings. The molecule has 0 saturated carbocycles. The van der Waals surface area contributed by atoms with Crippen LogP contribution in [0.4, 0.5) is 5.00 Å². The molecule has 1 heterocycles. The van der Waals surface area contributed by atoms with Crippen LogP contribution in [0.3, 0.4) is 0 Å². The number of thiazole rings is 1. The predicted octanol–water partition coefficient (Wildman–Crippen LogP) is 2.90. The molecule has 1 aromatic carbocycles. The van der Waals surface area contributed by atoms with E-state index in [2.05, 4.69) is 10.3 Å². The van der Waals surface area contributed by atoms with Gasteiger partial charge in [-0.05, 0) is 32.4 Å². The maximum Gasteiger partial charge on any atom is 0.226 e. The molecule has 1 atom stereocenters. The highest BCUT2D eigenvalue weighted by Crippen LogP contribution is 2.35. The van der Waals surface area contributed by atoms with Crippen molar-refractivity contribution in [1.82, 2.24) is 4.98 Å². The lowest BCUT2D eigenvalue weighted by molar-refractivity contribution is 0.591. The molecule has 1 aromatic heterocycles. The summed E-state index contributed by atoms with van der Waals surface area (Å²) in [5.74, 6) is 0. The predicted molar refractivity (Wildman–Crippen MR) is 95.2 cm³/mol. The molecule has 0 saturated heterocycles. The fourth-order valence-corrected chi connectivity index (χ4v) is 5.49. The molecule has 0 spiro atoms. The van der Waals surface area contributed by atoms with Gasteiger partial charge >= 0.3 is 0 Å². The second-order valence-corrected chi connectivity index (χ2v) is 10.7. The Morgan fingerprint density at radius 2 is 1.75 bits per heavy atom. The van der Waals surface area contributed by atoms with E-state index < -0.39 is 19.7 Å². The summed E-state index contributed by atoms with van der Waals surface area (Å²) < 4.78 is 49.1. The van der Waals surface area contributed by atoms with E-state index in [4.69, 9.17) is 0 Å². The molecule has 0 amide bonds. The summed E-state index contributed by atoms with van der Waals surface area (Å²) in [7, 11) is -7.50. The average Bonchev–Trinajstić information content (AvgIpc) is 2.92. The Labute approximate surface area is 146 Å². The van der Waals surface area contributed by atoms with Crippen molar-refractivity contribution in [3.63, 3.8) is 0 Å². The SMILES string of the molecule is CC[C@@H](C)Nc1sc(S(C)(=O)=O)nc1S(=O)(=O)c1ccc(C)cc1. The molecule has 6 nitrogen and oxygen atoms in total. The van der Waals surface area contributed by atoms with Gasteiger partial charge < -0.3 is 5.32 Å². The Bertz CT molecular complexity index is 930. The van der Waals surface area contributed by atoms with E-state index in [-0.39, 0.29) is 25.3 Å². The van der Waals surface area contributed by atoms with Crippen molar-refractivity contribution in [1.29, 1.82) is 0 Å². The van der Waals surface area contributed by atoms with E-state index in [1.807, 2.05) is 20.8 Å². The first-order chi connectivity index (χ1) is 11.1. The minimum absolute atomic E-state index is 0.00942. The van der Waals surface area contributed by atoms with Gasteiger partial charge in [-0.3, -0.25) is 0 Å². The Hall–Kier alpha value is -1.45. The molecule has 0 unspecified atom stereocenters. The van der Waals surface area contributed by atoms with Gasteiger partial charge in [-0.25, -0.2) is 21.8 Å². The number of aryl methyl sites for hydroxylation is 1. The van der Waals surface area contributed by atoms with Crippen LogP contribution in [0.15, 0.2) is 38.5 Å². The van der Waals surface area contributed by atoms with Crippen LogP contribution in [-0.2, 0) is 19.7 Å². The van der Waals surface area contributed by atoms with E-state index in [0.29, 0.717) is 0 Å². The van der Waals surface area contributed by atoms with Gasteiger partial charge in [0.15, 0.2) is 5.03 Å². The molecule has 0 bridgehead atoms. The number of sulfone groups is 2. The number of hydrogen-bond donors (Lipinski definition) is 1. The lowest BCUT2D eigenvalue weighted by Gasteiger charge is -2.12. The second-order valence-electron chi connectivity index (χ2n) is 5.66. The Kier molecular flexibility index (Phi) is 5.36. The zero-order valence-corrected chi connectivity index (χ0v) is 16.3. The van der Waals surface area contributed by atoms with Crippen molar-refractivity contribution in [3.8, 4) is 0 Å². The molecule has 9 heteroatoms. The molecule has 0 radical (unpaired) electrons. The fourth-order valence-electron chi connectivity index (χ4n) is 1.87. The van der Waals surface area contributed by atoms with Gasteiger partial charge in [0.25, 0.3) is 0 Å². The molecular weight excluding hydrogens is 368 g/mol. The van der Waals surface area contributed by atoms with Crippen LogP contribution in [0.5, 0.6) is 0 Å². The Morgan fingerprint density at radius 1 is 1.17 bits per heavy atom. The summed E-state index contributed by atoms with van der Waals surface area (Å²) in [5.41, 5.74) is 0.932. The van der Waals surface area contributed by atoms with Crippen LogP contribution in [-0.4, -0.2) is 34.1 Å². The Balaban J connectivity index is 2.62. The average molecular weight is 389 g/mol. The number of aromatic nitrogens is 1. The summed E-state index contributed by atoms with van der Waals surface area (Å²) in [4.78, 5) is 4.01. The van der Waals surface area contributed by atoms with Crippen LogP contribution in [0.2, 0.25) is 0 Å². The first kappa shape index (κ1) is 18.9. The Morgan fingerprint density at radius 3 is 2.25 bits per heavy atom. The minimum atomic E-state index is -3.91. The number of hydrogen-bond acceptors (Lipinski definition) is 7. The third-order valence-electron chi connectivity index (χ3n) is 3.47.